The Morgan fingerprint density at radius 3 is 2.54 bits per heavy atom. The molecule has 5 nitrogen and oxygen atoms in total. The van der Waals surface area contributed by atoms with Crippen LogP contribution >= 0.6 is 0 Å². The van der Waals surface area contributed by atoms with E-state index in [2.05, 4.69) is 42.0 Å². The highest BCUT2D eigenvalue weighted by Gasteiger charge is 2.32. The summed E-state index contributed by atoms with van der Waals surface area (Å²) < 4.78 is 1.84. The summed E-state index contributed by atoms with van der Waals surface area (Å²) in [5.41, 5.74) is 4.73. The molecular formula is C19H20N4O. The molecule has 2 aromatic heterocycles. The number of hydrogen-bond acceptors (Lipinski definition) is 3. The number of aromatic nitrogens is 3. The summed E-state index contributed by atoms with van der Waals surface area (Å²) in [6.45, 7) is 4.97. The molecule has 122 valence electrons. The second-order valence-electron chi connectivity index (χ2n) is 6.51. The van der Waals surface area contributed by atoms with Crippen LogP contribution in [0.25, 0.3) is 5.65 Å². The van der Waals surface area contributed by atoms with Gasteiger partial charge in [0, 0.05) is 31.3 Å². The predicted molar refractivity (Wildman–Crippen MR) is 91.9 cm³/mol. The average molecular weight is 320 g/mol. The molecule has 0 aliphatic carbocycles. The number of aryl methyl sites for hydroxylation is 2. The Hall–Kier alpha value is -2.69. The quantitative estimate of drug-likeness (QED) is 0.728. The molecule has 0 N–H and O–H groups in total. The third-order valence-electron chi connectivity index (χ3n) is 4.66. The molecule has 1 unspecified atom stereocenters. The summed E-state index contributed by atoms with van der Waals surface area (Å²) in [4.78, 5) is 23.7. The summed E-state index contributed by atoms with van der Waals surface area (Å²) in [7, 11) is 0. The highest BCUT2D eigenvalue weighted by molar-refractivity contribution is 5.98. The zero-order chi connectivity index (χ0) is 16.7. The molecule has 5 heteroatoms. The molecule has 0 spiro atoms. The number of benzene rings is 1. The Bertz CT molecular complexity index is 894. The van der Waals surface area contributed by atoms with Crippen LogP contribution in [0.3, 0.4) is 0 Å². The van der Waals surface area contributed by atoms with Crippen molar-refractivity contribution < 1.29 is 4.79 Å². The first-order chi connectivity index (χ1) is 11.6. The lowest BCUT2D eigenvalue weighted by atomic mass is 9.99. The number of carbonyl (C=O) groups is 1. The van der Waals surface area contributed by atoms with Gasteiger partial charge >= 0.3 is 0 Å². The van der Waals surface area contributed by atoms with Gasteiger partial charge in [-0.25, -0.2) is 9.97 Å². The van der Waals surface area contributed by atoms with Crippen molar-refractivity contribution in [3.05, 3.63) is 65.4 Å². The van der Waals surface area contributed by atoms with E-state index in [0.717, 1.165) is 19.4 Å². The first kappa shape index (κ1) is 14.9. The van der Waals surface area contributed by atoms with Crippen molar-refractivity contribution in [2.24, 2.45) is 0 Å². The number of nitrogens with zero attached hydrogens (tertiary/aromatic N) is 4. The van der Waals surface area contributed by atoms with Crippen molar-refractivity contribution in [2.45, 2.75) is 32.7 Å². The summed E-state index contributed by atoms with van der Waals surface area (Å²) in [6, 6.07) is 6.66. The summed E-state index contributed by atoms with van der Waals surface area (Å²) >= 11 is 0. The third-order valence-corrected chi connectivity index (χ3v) is 4.66. The molecule has 1 saturated heterocycles. The molecule has 0 bridgehead atoms. The van der Waals surface area contributed by atoms with Crippen LogP contribution in [0.15, 0.2) is 43.0 Å². The fraction of sp³-hybridized carbons (Fsp3) is 0.316. The fourth-order valence-electron chi connectivity index (χ4n) is 3.70. The Balaban J connectivity index is 1.72. The minimum atomic E-state index is -0.0338. The second-order valence-corrected chi connectivity index (χ2v) is 6.51. The van der Waals surface area contributed by atoms with Gasteiger partial charge in [0.15, 0.2) is 11.3 Å². The van der Waals surface area contributed by atoms with E-state index in [-0.39, 0.29) is 11.9 Å². The van der Waals surface area contributed by atoms with Crippen molar-refractivity contribution in [3.63, 3.8) is 0 Å². The molecule has 0 saturated carbocycles. The van der Waals surface area contributed by atoms with Crippen LogP contribution in [0, 0.1) is 13.8 Å². The number of fused-ring (bicyclic) bond motifs is 1. The SMILES string of the molecule is Cc1cc(C)cc(C2CCCN2C(=O)c2nccn3ccnc23)c1. The van der Waals surface area contributed by atoms with E-state index in [9.17, 15) is 4.79 Å². The molecule has 1 aromatic carbocycles. The van der Waals surface area contributed by atoms with E-state index in [0.29, 0.717) is 11.3 Å². The Morgan fingerprint density at radius 1 is 1.08 bits per heavy atom. The van der Waals surface area contributed by atoms with E-state index in [1.54, 1.807) is 12.4 Å². The van der Waals surface area contributed by atoms with Crippen LogP contribution in [-0.2, 0) is 0 Å². The molecule has 1 atom stereocenters. The molecule has 1 fully saturated rings. The molecule has 3 aromatic rings. The van der Waals surface area contributed by atoms with Gasteiger partial charge in [0.2, 0.25) is 0 Å². The number of imidazole rings is 1. The number of amides is 1. The van der Waals surface area contributed by atoms with Gasteiger partial charge in [0.25, 0.3) is 5.91 Å². The third kappa shape index (κ3) is 2.46. The zero-order valence-corrected chi connectivity index (χ0v) is 13.9. The maximum atomic E-state index is 13.1. The average Bonchev–Trinajstić information content (AvgIpc) is 3.21. The zero-order valence-electron chi connectivity index (χ0n) is 13.9. The normalized spacial score (nSPS) is 17.6. The first-order valence-corrected chi connectivity index (χ1v) is 8.30. The highest BCUT2D eigenvalue weighted by atomic mass is 16.2. The predicted octanol–water partition coefficient (Wildman–Crippen LogP) is 3.32. The van der Waals surface area contributed by atoms with Crippen molar-refractivity contribution in [1.82, 2.24) is 19.3 Å². The number of hydrogen-bond donors (Lipinski definition) is 0. The van der Waals surface area contributed by atoms with Crippen LogP contribution in [0.5, 0.6) is 0 Å². The number of carbonyl (C=O) groups excluding carboxylic acids is 1. The lowest BCUT2D eigenvalue weighted by Crippen LogP contribution is -2.31. The lowest BCUT2D eigenvalue weighted by Gasteiger charge is -2.25. The van der Waals surface area contributed by atoms with Gasteiger partial charge in [-0.05, 0) is 32.3 Å². The summed E-state index contributed by atoms with van der Waals surface area (Å²) in [5.74, 6) is -0.0338. The minimum Gasteiger partial charge on any atom is -0.330 e. The smallest absolute Gasteiger partial charge is 0.276 e. The summed E-state index contributed by atoms with van der Waals surface area (Å²) in [5, 5.41) is 0. The molecule has 3 heterocycles. The van der Waals surface area contributed by atoms with E-state index >= 15 is 0 Å². The Morgan fingerprint density at radius 2 is 1.79 bits per heavy atom. The van der Waals surface area contributed by atoms with Crippen LogP contribution in [0.4, 0.5) is 0 Å². The molecular weight excluding hydrogens is 300 g/mol. The number of likely N-dealkylation sites (tertiary alicyclic amines) is 1. The van der Waals surface area contributed by atoms with Gasteiger partial charge in [0.05, 0.1) is 6.04 Å². The second kappa shape index (κ2) is 5.74. The van der Waals surface area contributed by atoms with Crippen LogP contribution < -0.4 is 0 Å². The van der Waals surface area contributed by atoms with Gasteiger partial charge in [0.1, 0.15) is 0 Å². The van der Waals surface area contributed by atoms with Crippen molar-refractivity contribution in [2.75, 3.05) is 6.54 Å². The lowest BCUT2D eigenvalue weighted by molar-refractivity contribution is 0.0731. The maximum Gasteiger partial charge on any atom is 0.276 e. The molecule has 24 heavy (non-hydrogen) atoms. The molecule has 0 radical (unpaired) electrons. The van der Waals surface area contributed by atoms with Crippen LogP contribution in [0.2, 0.25) is 0 Å². The van der Waals surface area contributed by atoms with Gasteiger partial charge in [-0.3, -0.25) is 4.79 Å². The van der Waals surface area contributed by atoms with E-state index in [1.165, 1.54) is 16.7 Å². The van der Waals surface area contributed by atoms with E-state index in [1.807, 2.05) is 21.7 Å². The molecule has 4 rings (SSSR count). The van der Waals surface area contributed by atoms with Crippen molar-refractivity contribution in [3.8, 4) is 0 Å². The standard InChI is InChI=1S/C19H20N4O/c1-13-10-14(2)12-15(11-13)16-4-3-7-23(16)19(24)17-18-21-6-9-22(18)8-5-20-17/h5-6,8-12,16H,3-4,7H2,1-2H3. The fourth-order valence-corrected chi connectivity index (χ4v) is 3.70. The van der Waals surface area contributed by atoms with Gasteiger partial charge in [-0.1, -0.05) is 29.3 Å². The Labute approximate surface area is 141 Å². The minimum absolute atomic E-state index is 0.0338. The first-order valence-electron chi connectivity index (χ1n) is 8.30. The van der Waals surface area contributed by atoms with Crippen molar-refractivity contribution in [1.29, 1.82) is 0 Å². The Kier molecular flexibility index (Phi) is 3.56. The topological polar surface area (TPSA) is 50.5 Å². The van der Waals surface area contributed by atoms with Crippen LogP contribution in [0.1, 0.15) is 46.1 Å². The molecule has 1 aliphatic rings. The van der Waals surface area contributed by atoms with Crippen LogP contribution in [-0.4, -0.2) is 31.7 Å². The van der Waals surface area contributed by atoms with Gasteiger partial charge < -0.3 is 9.30 Å². The molecule has 1 aliphatic heterocycles. The largest absolute Gasteiger partial charge is 0.330 e. The number of rotatable bonds is 2. The van der Waals surface area contributed by atoms with E-state index in [4.69, 9.17) is 0 Å². The monoisotopic (exact) mass is 320 g/mol. The maximum absolute atomic E-state index is 13.1. The van der Waals surface area contributed by atoms with E-state index < -0.39 is 0 Å². The molecule has 1 amide bonds. The summed E-state index contributed by atoms with van der Waals surface area (Å²) in [6.07, 6.45) is 9.00. The van der Waals surface area contributed by atoms with Gasteiger partial charge in [-0.15, -0.1) is 0 Å². The van der Waals surface area contributed by atoms with Crippen molar-refractivity contribution >= 4 is 11.6 Å². The van der Waals surface area contributed by atoms with Gasteiger partial charge in [-0.2, -0.15) is 0 Å². The highest BCUT2D eigenvalue weighted by Crippen LogP contribution is 2.34.